The highest BCUT2D eigenvalue weighted by Gasteiger charge is 2.53. The largest absolute Gasteiger partial charge is 0.309 e. The van der Waals surface area contributed by atoms with Gasteiger partial charge in [-0.15, -0.1) is 0 Å². The van der Waals surface area contributed by atoms with E-state index in [-0.39, 0.29) is 36.9 Å². The summed E-state index contributed by atoms with van der Waals surface area (Å²) in [5.41, 5.74) is 0.634. The van der Waals surface area contributed by atoms with Crippen molar-refractivity contribution in [1.82, 2.24) is 14.7 Å². The molecule has 0 saturated carbocycles. The van der Waals surface area contributed by atoms with E-state index in [2.05, 4.69) is 10.4 Å². The second-order valence-electron chi connectivity index (χ2n) is 8.97. The van der Waals surface area contributed by atoms with Gasteiger partial charge in [0, 0.05) is 17.5 Å². The zero-order valence-corrected chi connectivity index (χ0v) is 19.2. The molecule has 8 nitrogen and oxygen atoms in total. The molecule has 1 aromatic heterocycles. The summed E-state index contributed by atoms with van der Waals surface area (Å²) in [6, 6.07) is 10.0. The van der Waals surface area contributed by atoms with Crippen LogP contribution in [0.25, 0.3) is 0 Å². The number of hydrogen-bond acceptors (Lipinski definition) is 4. The summed E-state index contributed by atoms with van der Waals surface area (Å²) >= 11 is 0. The van der Waals surface area contributed by atoms with E-state index in [1.54, 1.807) is 43.0 Å². The molecular weight excluding hydrogens is 456 g/mol. The van der Waals surface area contributed by atoms with Gasteiger partial charge in [-0.3, -0.25) is 19.3 Å². The van der Waals surface area contributed by atoms with Crippen LogP contribution >= 0.6 is 0 Å². The predicted molar refractivity (Wildman–Crippen MR) is 124 cm³/mol. The molecule has 3 heterocycles. The zero-order valence-electron chi connectivity index (χ0n) is 19.2. The molecule has 3 aromatic rings. The fourth-order valence-electron chi connectivity index (χ4n) is 4.84. The Labute approximate surface area is 200 Å². The number of aryl methyl sites for hydroxylation is 1. The van der Waals surface area contributed by atoms with Crippen LogP contribution in [0.1, 0.15) is 41.3 Å². The summed E-state index contributed by atoms with van der Waals surface area (Å²) in [5, 5.41) is 6.94. The minimum atomic E-state index is -0.972. The molecule has 5 rings (SSSR count). The summed E-state index contributed by atoms with van der Waals surface area (Å²) in [7, 11) is 0. The lowest BCUT2D eigenvalue weighted by atomic mass is 9.98. The van der Waals surface area contributed by atoms with Gasteiger partial charge in [0.1, 0.15) is 29.7 Å². The number of aromatic nitrogens is 2. The number of rotatable bonds is 5. The van der Waals surface area contributed by atoms with E-state index in [1.807, 2.05) is 0 Å². The number of fused-ring (bicyclic) bond motifs is 3. The van der Waals surface area contributed by atoms with Crippen molar-refractivity contribution >= 4 is 29.2 Å². The van der Waals surface area contributed by atoms with Gasteiger partial charge in [0.05, 0.1) is 24.0 Å². The molecule has 1 atom stereocenters. The second kappa shape index (κ2) is 8.30. The molecule has 1 saturated heterocycles. The van der Waals surface area contributed by atoms with Crippen molar-refractivity contribution in [1.29, 1.82) is 0 Å². The molecule has 0 aliphatic carbocycles. The lowest BCUT2D eigenvalue weighted by Gasteiger charge is -2.48. The summed E-state index contributed by atoms with van der Waals surface area (Å²) in [6.07, 6.45) is 2.17. The second-order valence-corrected chi connectivity index (χ2v) is 8.97. The zero-order chi connectivity index (χ0) is 24.9. The molecule has 1 N–H and O–H groups in total. The first-order valence-corrected chi connectivity index (χ1v) is 11.2. The van der Waals surface area contributed by atoms with Crippen LogP contribution in [0.3, 0.4) is 0 Å². The standard InChI is InChI=1S/C25H23F2N5O3/c1-15-12-28-31(13-16-11-17(26)7-8-19(16)27)23(15)29-21(33)14-30-24(35)18-5-3-4-6-20(18)32-22(34)9-10-25(30,32)2/h3-8,11-12H,9-10,13-14H2,1-2H3,(H,29,33). The Morgan fingerprint density at radius 3 is 2.74 bits per heavy atom. The number of para-hydroxylation sites is 1. The highest BCUT2D eigenvalue weighted by Crippen LogP contribution is 2.43. The van der Waals surface area contributed by atoms with Crippen LogP contribution in [0.5, 0.6) is 0 Å². The molecule has 1 unspecified atom stereocenters. The average Bonchev–Trinajstić information content (AvgIpc) is 3.33. The van der Waals surface area contributed by atoms with Crippen LogP contribution in [0.2, 0.25) is 0 Å². The number of benzene rings is 2. The highest BCUT2D eigenvalue weighted by atomic mass is 19.1. The van der Waals surface area contributed by atoms with Gasteiger partial charge in [-0.05, 0) is 50.6 Å². The fraction of sp³-hybridized carbons (Fsp3) is 0.280. The molecule has 2 aliphatic heterocycles. The molecule has 10 heteroatoms. The third-order valence-electron chi connectivity index (χ3n) is 6.66. The van der Waals surface area contributed by atoms with Crippen LogP contribution in [-0.4, -0.2) is 44.6 Å². The fourth-order valence-corrected chi connectivity index (χ4v) is 4.84. The third kappa shape index (κ3) is 3.74. The van der Waals surface area contributed by atoms with Crippen molar-refractivity contribution in [2.24, 2.45) is 0 Å². The Morgan fingerprint density at radius 2 is 1.94 bits per heavy atom. The van der Waals surface area contributed by atoms with E-state index in [0.717, 1.165) is 18.2 Å². The predicted octanol–water partition coefficient (Wildman–Crippen LogP) is 3.46. The minimum absolute atomic E-state index is 0.0824. The number of amides is 3. The molecule has 2 aromatic carbocycles. The van der Waals surface area contributed by atoms with Crippen LogP contribution in [0.4, 0.5) is 20.3 Å². The molecule has 1 fully saturated rings. The smallest absolute Gasteiger partial charge is 0.258 e. The van der Waals surface area contributed by atoms with Crippen molar-refractivity contribution in [2.45, 2.75) is 38.9 Å². The maximum atomic E-state index is 14.2. The summed E-state index contributed by atoms with van der Waals surface area (Å²) in [4.78, 5) is 42.2. The Kier molecular flexibility index (Phi) is 5.38. The molecule has 3 amide bonds. The first kappa shape index (κ1) is 22.7. The first-order valence-electron chi connectivity index (χ1n) is 11.2. The Balaban J connectivity index is 1.40. The topological polar surface area (TPSA) is 87.5 Å². The van der Waals surface area contributed by atoms with Gasteiger partial charge >= 0.3 is 0 Å². The van der Waals surface area contributed by atoms with Crippen LogP contribution in [0, 0.1) is 18.6 Å². The van der Waals surface area contributed by atoms with Gasteiger partial charge in [0.15, 0.2) is 0 Å². The van der Waals surface area contributed by atoms with Gasteiger partial charge in [-0.25, -0.2) is 13.5 Å². The van der Waals surface area contributed by atoms with E-state index in [9.17, 15) is 23.2 Å². The minimum Gasteiger partial charge on any atom is -0.309 e. The van der Waals surface area contributed by atoms with Crippen LogP contribution in [0.15, 0.2) is 48.7 Å². The Morgan fingerprint density at radius 1 is 1.17 bits per heavy atom. The maximum Gasteiger partial charge on any atom is 0.258 e. The Bertz CT molecular complexity index is 1370. The van der Waals surface area contributed by atoms with Gasteiger partial charge in [0.2, 0.25) is 11.8 Å². The molecule has 180 valence electrons. The molecule has 2 aliphatic rings. The SMILES string of the molecule is Cc1cnn(Cc2cc(F)ccc2F)c1NC(=O)CN1C(=O)c2ccccc2N2C(=O)CCC12C. The number of carbonyl (C=O) groups is 3. The number of anilines is 2. The lowest BCUT2D eigenvalue weighted by Crippen LogP contribution is -2.63. The highest BCUT2D eigenvalue weighted by molar-refractivity contribution is 6.11. The van der Waals surface area contributed by atoms with E-state index in [1.165, 1.54) is 15.8 Å². The molecule has 35 heavy (non-hydrogen) atoms. The van der Waals surface area contributed by atoms with E-state index in [4.69, 9.17) is 0 Å². The van der Waals surface area contributed by atoms with Gasteiger partial charge < -0.3 is 10.2 Å². The third-order valence-corrected chi connectivity index (χ3v) is 6.66. The van der Waals surface area contributed by atoms with Crippen molar-refractivity contribution in [3.05, 3.63) is 77.0 Å². The monoisotopic (exact) mass is 479 g/mol. The van der Waals surface area contributed by atoms with Gasteiger partial charge in [-0.2, -0.15) is 5.10 Å². The van der Waals surface area contributed by atoms with Crippen molar-refractivity contribution in [3.8, 4) is 0 Å². The van der Waals surface area contributed by atoms with Crippen LogP contribution < -0.4 is 10.2 Å². The number of nitrogens with zero attached hydrogens (tertiary/aromatic N) is 4. The average molecular weight is 479 g/mol. The van der Waals surface area contributed by atoms with E-state index < -0.39 is 23.2 Å². The normalized spacial score (nSPS) is 19.1. The number of hydrogen-bond donors (Lipinski definition) is 1. The summed E-state index contributed by atoms with van der Waals surface area (Å²) < 4.78 is 29.1. The molecular formula is C25H23F2N5O3. The quantitative estimate of drug-likeness (QED) is 0.607. The van der Waals surface area contributed by atoms with Crippen LogP contribution in [-0.2, 0) is 16.1 Å². The summed E-state index contributed by atoms with van der Waals surface area (Å²) in [6.45, 7) is 3.11. The van der Waals surface area contributed by atoms with Gasteiger partial charge in [-0.1, -0.05) is 12.1 Å². The van der Waals surface area contributed by atoms with E-state index in [0.29, 0.717) is 29.1 Å². The van der Waals surface area contributed by atoms with Crippen molar-refractivity contribution < 1.29 is 23.2 Å². The Hall–Kier alpha value is -4.08. The van der Waals surface area contributed by atoms with E-state index >= 15 is 0 Å². The number of carbonyl (C=O) groups excluding carboxylic acids is 3. The molecule has 0 spiro atoms. The molecule has 0 radical (unpaired) electrons. The number of halogens is 2. The van der Waals surface area contributed by atoms with Crippen molar-refractivity contribution in [3.63, 3.8) is 0 Å². The molecule has 0 bridgehead atoms. The van der Waals surface area contributed by atoms with Gasteiger partial charge in [0.25, 0.3) is 5.91 Å². The first-order chi connectivity index (χ1) is 16.7. The number of nitrogens with one attached hydrogen (secondary N) is 1. The summed E-state index contributed by atoms with van der Waals surface area (Å²) in [5.74, 6) is -1.80. The van der Waals surface area contributed by atoms with Crippen molar-refractivity contribution in [2.75, 3.05) is 16.8 Å². The lowest BCUT2D eigenvalue weighted by molar-refractivity contribution is -0.120. The maximum absolute atomic E-state index is 14.2.